The van der Waals surface area contributed by atoms with Crippen molar-refractivity contribution in [1.82, 2.24) is 4.90 Å². The average Bonchev–Trinajstić information content (AvgIpc) is 3.75. The second kappa shape index (κ2) is 12.1. The molecule has 38 heavy (non-hydrogen) atoms. The maximum atomic E-state index is 11.3. The maximum Gasteiger partial charge on any atom is 0.171 e. The number of anilines is 1. The van der Waals surface area contributed by atoms with Crippen LogP contribution < -0.4 is 24.9 Å². The molecular weight excluding hydrogens is 484 g/mol. The monoisotopic (exact) mass is 523 g/mol. The van der Waals surface area contributed by atoms with Crippen molar-refractivity contribution in [3.63, 3.8) is 0 Å². The molecule has 2 aromatic rings. The Morgan fingerprint density at radius 3 is 2.47 bits per heavy atom. The summed E-state index contributed by atoms with van der Waals surface area (Å²) in [5.74, 6) is 2.72. The molecule has 0 aromatic heterocycles. The summed E-state index contributed by atoms with van der Waals surface area (Å²) < 4.78 is 23.0. The molecule has 1 saturated heterocycles. The van der Waals surface area contributed by atoms with Gasteiger partial charge in [0.2, 0.25) is 0 Å². The number of ether oxygens (including phenoxy) is 4. The summed E-state index contributed by atoms with van der Waals surface area (Å²) in [6.07, 6.45) is 8.97. The fourth-order valence-electron chi connectivity index (χ4n) is 5.21. The van der Waals surface area contributed by atoms with Gasteiger partial charge in [-0.15, -0.1) is 4.91 Å². The van der Waals surface area contributed by atoms with Gasteiger partial charge in [-0.3, -0.25) is 4.90 Å². The number of likely N-dealkylation sites (tertiary alicyclic amines) is 1. The summed E-state index contributed by atoms with van der Waals surface area (Å²) in [6, 6.07) is 9.74. The van der Waals surface area contributed by atoms with Crippen LogP contribution in [0.2, 0.25) is 0 Å². The van der Waals surface area contributed by atoms with Gasteiger partial charge in [0.05, 0.1) is 38.6 Å². The molecule has 0 radical (unpaired) electrons. The molecule has 3 fully saturated rings. The molecule has 0 spiro atoms. The third-order valence-corrected chi connectivity index (χ3v) is 7.78. The van der Waals surface area contributed by atoms with E-state index in [1.807, 2.05) is 18.3 Å². The van der Waals surface area contributed by atoms with E-state index in [0.717, 1.165) is 67.9 Å². The third kappa shape index (κ3) is 6.63. The summed E-state index contributed by atoms with van der Waals surface area (Å²) in [4.78, 5) is 17.2. The number of nitroso groups, excluding NO2 is 1. The largest absolute Gasteiger partial charge is 0.497 e. The Morgan fingerprint density at radius 1 is 1.00 bits per heavy atom. The van der Waals surface area contributed by atoms with Gasteiger partial charge >= 0.3 is 0 Å². The van der Waals surface area contributed by atoms with Crippen LogP contribution in [-0.2, 0) is 11.3 Å². The summed E-state index contributed by atoms with van der Waals surface area (Å²) in [7, 11) is 3.36. The molecule has 0 bridgehead atoms. The summed E-state index contributed by atoms with van der Waals surface area (Å²) >= 11 is 0. The van der Waals surface area contributed by atoms with Gasteiger partial charge in [0, 0.05) is 55.9 Å². The van der Waals surface area contributed by atoms with Gasteiger partial charge in [-0.2, -0.15) is 0 Å². The molecule has 0 unspecified atom stereocenters. The predicted molar refractivity (Wildman–Crippen MR) is 146 cm³/mol. The lowest BCUT2D eigenvalue weighted by Crippen LogP contribution is -2.77. The van der Waals surface area contributed by atoms with E-state index in [-0.39, 0.29) is 6.10 Å². The Morgan fingerprint density at radius 2 is 1.79 bits per heavy atom. The highest BCUT2D eigenvalue weighted by atomic mass is 16.5. The first-order valence-electron chi connectivity index (χ1n) is 13.6. The molecule has 3 aliphatic rings. The van der Waals surface area contributed by atoms with E-state index in [0.29, 0.717) is 41.8 Å². The van der Waals surface area contributed by atoms with Crippen molar-refractivity contribution in [2.75, 3.05) is 39.6 Å². The lowest BCUT2D eigenvalue weighted by atomic mass is 9.93. The molecule has 0 amide bonds. The number of methoxy groups -OCH3 is 2. The Labute approximate surface area is 224 Å². The maximum absolute atomic E-state index is 11.3. The second-order valence-corrected chi connectivity index (χ2v) is 10.7. The second-order valence-electron chi connectivity index (χ2n) is 10.7. The van der Waals surface area contributed by atoms with E-state index >= 15 is 0 Å². The Balaban J connectivity index is 1.05. The first kappa shape index (κ1) is 26.4. The SMILES string of the molecule is COc1ccc(CN2CC(OC3CCC([NH+]=Cc4cc(N=O)c(OCC5CC5)cc4N)CC3)C2)c(OC)c1. The number of nitrogens with zero attached hydrogens (tertiary/aromatic N) is 2. The Kier molecular flexibility index (Phi) is 8.44. The topological polar surface area (TPSA) is 110 Å². The highest BCUT2D eigenvalue weighted by Gasteiger charge is 2.33. The fraction of sp³-hybridized carbons (Fsp3) is 0.552. The molecule has 2 saturated carbocycles. The summed E-state index contributed by atoms with van der Waals surface area (Å²) in [6.45, 7) is 3.34. The molecule has 1 aliphatic heterocycles. The molecule has 0 atom stereocenters. The molecule has 9 nitrogen and oxygen atoms in total. The lowest BCUT2D eigenvalue weighted by Gasteiger charge is -2.41. The molecule has 3 N–H and O–H groups in total. The number of nitrogens with one attached hydrogen (secondary N) is 1. The van der Waals surface area contributed by atoms with Crippen LogP contribution in [0.1, 0.15) is 49.7 Å². The molecule has 1 heterocycles. The van der Waals surface area contributed by atoms with Crippen molar-refractivity contribution in [2.45, 2.75) is 63.3 Å². The third-order valence-electron chi connectivity index (χ3n) is 7.78. The molecule has 5 rings (SSSR count). The Bertz CT molecular complexity index is 1140. The van der Waals surface area contributed by atoms with Crippen LogP contribution >= 0.6 is 0 Å². The minimum atomic E-state index is 0.287. The van der Waals surface area contributed by atoms with Crippen LogP contribution in [-0.4, -0.2) is 63.3 Å². The van der Waals surface area contributed by atoms with Crippen molar-refractivity contribution in [2.24, 2.45) is 11.1 Å². The van der Waals surface area contributed by atoms with Crippen LogP contribution in [0.25, 0.3) is 0 Å². The van der Waals surface area contributed by atoms with Crippen LogP contribution in [0.5, 0.6) is 17.2 Å². The normalized spacial score (nSPS) is 22.3. The highest BCUT2D eigenvalue weighted by Crippen LogP contribution is 2.35. The van der Waals surface area contributed by atoms with Gasteiger partial charge in [-0.1, -0.05) is 6.07 Å². The fourth-order valence-corrected chi connectivity index (χ4v) is 5.21. The number of nitrogen functional groups attached to an aromatic ring is 1. The highest BCUT2D eigenvalue weighted by molar-refractivity contribution is 5.86. The van der Waals surface area contributed by atoms with Crippen molar-refractivity contribution in [3.05, 3.63) is 46.4 Å². The molecular formula is C29H39N4O5+. The van der Waals surface area contributed by atoms with Gasteiger partial charge in [0.1, 0.15) is 11.5 Å². The van der Waals surface area contributed by atoms with Gasteiger partial charge in [-0.05, 0) is 48.9 Å². The minimum Gasteiger partial charge on any atom is -0.497 e. The molecule has 9 heteroatoms. The van der Waals surface area contributed by atoms with Crippen molar-refractivity contribution >= 4 is 17.6 Å². The van der Waals surface area contributed by atoms with Gasteiger partial charge in [0.15, 0.2) is 23.7 Å². The van der Waals surface area contributed by atoms with E-state index in [2.05, 4.69) is 21.1 Å². The van der Waals surface area contributed by atoms with Crippen molar-refractivity contribution < 1.29 is 23.9 Å². The molecule has 2 aromatic carbocycles. The van der Waals surface area contributed by atoms with Crippen LogP contribution in [0.4, 0.5) is 11.4 Å². The number of hydrogen-bond donors (Lipinski definition) is 2. The van der Waals surface area contributed by atoms with Gasteiger partial charge in [-0.25, -0.2) is 4.99 Å². The standard InChI is InChI=1S/C29H38N4O5/c1-35-24-8-5-20(28(12-24)36-2)15-33-16-25(17-33)38-23-9-6-22(7-10-23)31-14-21-11-27(32-34)29(13-26(21)30)37-18-19-3-4-19/h5,8,11-14,19,22-23,25H,3-4,6-7,9-10,15-18,30H2,1-2H3/p+1. The van der Waals surface area contributed by atoms with Crippen LogP contribution in [0.3, 0.4) is 0 Å². The van der Waals surface area contributed by atoms with Gasteiger partial charge < -0.3 is 24.7 Å². The lowest BCUT2D eigenvalue weighted by molar-refractivity contribution is -0.503. The number of nitrogens with two attached hydrogens (primary N) is 1. The summed E-state index contributed by atoms with van der Waals surface area (Å²) in [5, 5.41) is 3.15. The Hall–Kier alpha value is -3.17. The number of hydrogen-bond acceptors (Lipinski definition) is 8. The van der Waals surface area contributed by atoms with E-state index in [1.54, 1.807) is 26.4 Å². The smallest absolute Gasteiger partial charge is 0.171 e. The zero-order valence-electron chi connectivity index (χ0n) is 22.4. The van der Waals surface area contributed by atoms with Crippen molar-refractivity contribution in [1.29, 1.82) is 0 Å². The first-order valence-corrected chi connectivity index (χ1v) is 13.6. The van der Waals surface area contributed by atoms with Crippen LogP contribution in [0.15, 0.2) is 35.5 Å². The average molecular weight is 524 g/mol. The van der Waals surface area contributed by atoms with E-state index in [4.69, 9.17) is 24.7 Å². The van der Waals surface area contributed by atoms with E-state index in [9.17, 15) is 4.91 Å². The molecule has 204 valence electrons. The number of rotatable bonds is 12. The minimum absolute atomic E-state index is 0.287. The number of benzene rings is 2. The van der Waals surface area contributed by atoms with E-state index < -0.39 is 0 Å². The van der Waals surface area contributed by atoms with E-state index in [1.165, 1.54) is 12.8 Å². The predicted octanol–water partition coefficient (Wildman–Crippen LogP) is 3.18. The van der Waals surface area contributed by atoms with Crippen LogP contribution in [0, 0.1) is 10.8 Å². The quantitative estimate of drug-likeness (QED) is 0.250. The zero-order valence-corrected chi connectivity index (χ0v) is 22.4. The molecule has 2 aliphatic carbocycles. The zero-order chi connectivity index (χ0) is 26.5. The van der Waals surface area contributed by atoms with Gasteiger partial charge in [0.25, 0.3) is 0 Å². The summed E-state index contributed by atoms with van der Waals surface area (Å²) in [5.41, 5.74) is 9.04. The van der Waals surface area contributed by atoms with Crippen molar-refractivity contribution in [3.8, 4) is 17.2 Å². The first-order chi connectivity index (χ1) is 18.5.